The maximum absolute atomic E-state index is 4.30. The van der Waals surface area contributed by atoms with Crippen LogP contribution in [0.4, 0.5) is 0 Å². The third-order valence-corrected chi connectivity index (χ3v) is 5.30. The third kappa shape index (κ3) is 5.31. The first-order valence-electron chi connectivity index (χ1n) is 9.84. The van der Waals surface area contributed by atoms with E-state index in [0.717, 1.165) is 10.9 Å². The maximum atomic E-state index is 4.30. The van der Waals surface area contributed by atoms with Gasteiger partial charge in [0.05, 0.1) is 19.3 Å². The summed E-state index contributed by atoms with van der Waals surface area (Å²) in [6, 6.07) is 22.4. The lowest BCUT2D eigenvalue weighted by atomic mass is 9.94. The summed E-state index contributed by atoms with van der Waals surface area (Å²) in [7, 11) is 0. The van der Waals surface area contributed by atoms with E-state index in [-0.39, 0.29) is 0 Å². The number of rotatable bonds is 11. The SMILES string of the molecule is C=C[N+](CCCC)(CCCC)C(Cc1ccccc1)c1ccccc1. The van der Waals surface area contributed by atoms with Crippen LogP contribution in [-0.2, 0) is 6.42 Å². The van der Waals surface area contributed by atoms with Gasteiger partial charge in [0.25, 0.3) is 0 Å². The first kappa shape index (κ1) is 19.5. The third-order valence-electron chi connectivity index (χ3n) is 5.30. The standard InChI is InChI=1S/C24H34N/c1-4-7-19-25(6-3,20-8-5-2)24(23-17-13-10-14-18-23)21-22-15-11-9-12-16-22/h6,9-18,24H,3-5,7-8,19-21H2,1-2H3/q+1. The lowest BCUT2D eigenvalue weighted by Crippen LogP contribution is -2.48. The minimum absolute atomic E-state index is 0.430. The minimum Gasteiger partial charge on any atom is -0.291 e. The average Bonchev–Trinajstić information content (AvgIpc) is 2.68. The van der Waals surface area contributed by atoms with Gasteiger partial charge in [-0.05, 0) is 25.0 Å². The monoisotopic (exact) mass is 336 g/mol. The predicted molar refractivity (Wildman–Crippen MR) is 109 cm³/mol. The van der Waals surface area contributed by atoms with Gasteiger partial charge >= 0.3 is 0 Å². The number of nitrogens with zero attached hydrogens (tertiary/aromatic N) is 1. The zero-order chi connectivity index (χ0) is 18.0. The highest BCUT2D eigenvalue weighted by atomic mass is 15.4. The lowest BCUT2D eigenvalue weighted by Gasteiger charge is -2.42. The van der Waals surface area contributed by atoms with Crippen LogP contribution in [0.5, 0.6) is 0 Å². The van der Waals surface area contributed by atoms with Gasteiger partial charge in [-0.3, -0.25) is 4.48 Å². The highest BCUT2D eigenvalue weighted by Crippen LogP contribution is 2.34. The summed E-state index contributed by atoms with van der Waals surface area (Å²) < 4.78 is 0.987. The van der Waals surface area contributed by atoms with Gasteiger partial charge < -0.3 is 0 Å². The second-order valence-corrected chi connectivity index (χ2v) is 7.06. The Balaban J connectivity index is 2.42. The molecule has 0 aliphatic carbocycles. The van der Waals surface area contributed by atoms with Gasteiger partial charge in [0.15, 0.2) is 0 Å². The minimum atomic E-state index is 0.430. The highest BCUT2D eigenvalue weighted by molar-refractivity contribution is 5.23. The van der Waals surface area contributed by atoms with Crippen LogP contribution in [0.15, 0.2) is 73.4 Å². The molecule has 2 aromatic rings. The van der Waals surface area contributed by atoms with Crippen LogP contribution in [0.2, 0.25) is 0 Å². The normalized spacial score (nSPS) is 12.7. The molecule has 1 heteroatoms. The van der Waals surface area contributed by atoms with E-state index in [4.69, 9.17) is 0 Å². The van der Waals surface area contributed by atoms with Crippen molar-refractivity contribution in [2.45, 2.75) is 52.0 Å². The van der Waals surface area contributed by atoms with Crippen LogP contribution in [0.25, 0.3) is 0 Å². The van der Waals surface area contributed by atoms with E-state index in [2.05, 4.69) is 87.3 Å². The molecule has 0 fully saturated rings. The van der Waals surface area contributed by atoms with Crippen LogP contribution < -0.4 is 0 Å². The van der Waals surface area contributed by atoms with E-state index in [1.165, 1.54) is 49.9 Å². The first-order chi connectivity index (χ1) is 12.3. The van der Waals surface area contributed by atoms with Crippen molar-refractivity contribution in [3.63, 3.8) is 0 Å². The number of hydrogen-bond donors (Lipinski definition) is 0. The van der Waals surface area contributed by atoms with Crippen molar-refractivity contribution >= 4 is 0 Å². The van der Waals surface area contributed by atoms with Crippen molar-refractivity contribution in [3.05, 3.63) is 84.6 Å². The number of hydrogen-bond acceptors (Lipinski definition) is 0. The molecule has 0 aliphatic rings. The van der Waals surface area contributed by atoms with Crippen LogP contribution >= 0.6 is 0 Å². The van der Waals surface area contributed by atoms with E-state index in [1.54, 1.807) is 0 Å². The van der Waals surface area contributed by atoms with Crippen molar-refractivity contribution in [2.24, 2.45) is 0 Å². The number of unbranched alkanes of at least 4 members (excludes halogenated alkanes) is 2. The molecular formula is C24H34N+. The summed E-state index contributed by atoms with van der Waals surface area (Å²) in [5, 5.41) is 0. The fraction of sp³-hybridized carbons (Fsp3) is 0.417. The van der Waals surface area contributed by atoms with Crippen molar-refractivity contribution in [1.82, 2.24) is 0 Å². The topological polar surface area (TPSA) is 0 Å². The molecule has 1 nitrogen and oxygen atoms in total. The lowest BCUT2D eigenvalue weighted by molar-refractivity contribution is -0.910. The molecule has 0 bridgehead atoms. The van der Waals surface area contributed by atoms with E-state index in [9.17, 15) is 0 Å². The van der Waals surface area contributed by atoms with Gasteiger partial charge in [0.1, 0.15) is 6.04 Å². The molecule has 0 saturated carbocycles. The smallest absolute Gasteiger partial charge is 0.123 e. The Kier molecular flexibility index (Phi) is 7.94. The molecule has 0 radical (unpaired) electrons. The van der Waals surface area contributed by atoms with Crippen molar-refractivity contribution in [2.75, 3.05) is 13.1 Å². The van der Waals surface area contributed by atoms with E-state index in [1.807, 2.05) is 0 Å². The molecule has 1 atom stereocenters. The van der Waals surface area contributed by atoms with E-state index >= 15 is 0 Å². The number of quaternary nitrogens is 1. The van der Waals surface area contributed by atoms with Crippen LogP contribution in [0, 0.1) is 0 Å². The van der Waals surface area contributed by atoms with Gasteiger partial charge in [0, 0.05) is 12.0 Å². The van der Waals surface area contributed by atoms with Gasteiger partial charge in [-0.1, -0.05) is 87.4 Å². The van der Waals surface area contributed by atoms with Crippen LogP contribution in [0.1, 0.15) is 56.7 Å². The van der Waals surface area contributed by atoms with Gasteiger partial charge in [-0.2, -0.15) is 0 Å². The van der Waals surface area contributed by atoms with Gasteiger partial charge in [-0.15, -0.1) is 0 Å². The molecule has 134 valence electrons. The number of benzene rings is 2. The molecule has 0 aliphatic heterocycles. The molecule has 0 aromatic heterocycles. The Morgan fingerprint density at radius 2 is 1.36 bits per heavy atom. The summed E-state index contributed by atoms with van der Waals surface area (Å²) in [5.74, 6) is 0. The molecule has 2 aromatic carbocycles. The zero-order valence-corrected chi connectivity index (χ0v) is 16.0. The second-order valence-electron chi connectivity index (χ2n) is 7.06. The van der Waals surface area contributed by atoms with Crippen molar-refractivity contribution in [3.8, 4) is 0 Å². The van der Waals surface area contributed by atoms with Crippen LogP contribution in [-0.4, -0.2) is 17.6 Å². The molecule has 0 N–H and O–H groups in total. The second kappa shape index (κ2) is 10.2. The fourth-order valence-corrected chi connectivity index (χ4v) is 3.75. The quantitative estimate of drug-likeness (QED) is 0.409. The Labute approximate surface area is 154 Å². The molecule has 25 heavy (non-hydrogen) atoms. The Hall–Kier alpha value is -1.86. The highest BCUT2D eigenvalue weighted by Gasteiger charge is 2.35. The van der Waals surface area contributed by atoms with Crippen molar-refractivity contribution < 1.29 is 4.48 Å². The summed E-state index contributed by atoms with van der Waals surface area (Å²) >= 11 is 0. The molecule has 0 heterocycles. The Morgan fingerprint density at radius 1 is 0.840 bits per heavy atom. The predicted octanol–water partition coefficient (Wildman–Crippen LogP) is 6.53. The largest absolute Gasteiger partial charge is 0.291 e. The fourth-order valence-electron chi connectivity index (χ4n) is 3.75. The summed E-state index contributed by atoms with van der Waals surface area (Å²) in [5.41, 5.74) is 2.84. The summed E-state index contributed by atoms with van der Waals surface area (Å²) in [6.07, 6.45) is 8.23. The van der Waals surface area contributed by atoms with E-state index < -0.39 is 0 Å². The molecular weight excluding hydrogens is 302 g/mol. The zero-order valence-electron chi connectivity index (χ0n) is 16.0. The first-order valence-corrected chi connectivity index (χ1v) is 9.84. The van der Waals surface area contributed by atoms with Crippen LogP contribution in [0.3, 0.4) is 0 Å². The molecule has 0 spiro atoms. The summed E-state index contributed by atoms with van der Waals surface area (Å²) in [4.78, 5) is 0. The maximum Gasteiger partial charge on any atom is 0.123 e. The summed E-state index contributed by atoms with van der Waals surface area (Å²) in [6.45, 7) is 11.2. The molecule has 0 saturated heterocycles. The van der Waals surface area contributed by atoms with E-state index in [0.29, 0.717) is 6.04 Å². The van der Waals surface area contributed by atoms with Gasteiger partial charge in [0.2, 0.25) is 0 Å². The molecule has 0 amide bonds. The Morgan fingerprint density at radius 3 is 1.84 bits per heavy atom. The van der Waals surface area contributed by atoms with Crippen molar-refractivity contribution in [1.29, 1.82) is 0 Å². The van der Waals surface area contributed by atoms with Gasteiger partial charge in [-0.25, -0.2) is 0 Å². The molecule has 2 rings (SSSR count). The Bertz CT molecular complexity index is 595. The molecule has 1 unspecified atom stereocenters. The average molecular weight is 337 g/mol.